The third-order valence-electron chi connectivity index (χ3n) is 2.67. The van der Waals surface area contributed by atoms with Crippen LogP contribution in [0.5, 0.6) is 0 Å². The number of hydrogen-bond donors (Lipinski definition) is 1. The van der Waals surface area contributed by atoms with E-state index in [9.17, 15) is 0 Å². The summed E-state index contributed by atoms with van der Waals surface area (Å²) in [6.45, 7) is 2.87. The zero-order valence-corrected chi connectivity index (χ0v) is 9.59. The summed E-state index contributed by atoms with van der Waals surface area (Å²) in [5.74, 6) is 0.947. The van der Waals surface area contributed by atoms with E-state index in [-0.39, 0.29) is 0 Å². The van der Waals surface area contributed by atoms with Gasteiger partial charge in [-0.15, -0.1) is 10.2 Å². The Morgan fingerprint density at radius 2 is 2.06 bits per heavy atom. The molecule has 1 aromatic heterocycles. The van der Waals surface area contributed by atoms with Gasteiger partial charge < -0.3 is 9.88 Å². The predicted molar refractivity (Wildman–Crippen MR) is 62.7 cm³/mol. The van der Waals surface area contributed by atoms with Crippen LogP contribution in [0.25, 0.3) is 0 Å². The molecule has 4 nitrogen and oxygen atoms in total. The van der Waals surface area contributed by atoms with Gasteiger partial charge in [-0.3, -0.25) is 0 Å². The van der Waals surface area contributed by atoms with Crippen LogP contribution in [0.2, 0.25) is 0 Å². The second-order valence-corrected chi connectivity index (χ2v) is 3.87. The van der Waals surface area contributed by atoms with Crippen molar-refractivity contribution in [2.45, 2.75) is 19.5 Å². The second kappa shape index (κ2) is 4.90. The first-order chi connectivity index (χ1) is 7.77. The van der Waals surface area contributed by atoms with Crippen LogP contribution in [0.1, 0.15) is 24.4 Å². The quantitative estimate of drug-likeness (QED) is 0.845. The Morgan fingerprint density at radius 3 is 2.69 bits per heavy atom. The van der Waals surface area contributed by atoms with Crippen molar-refractivity contribution in [2.24, 2.45) is 7.05 Å². The highest BCUT2D eigenvalue weighted by Gasteiger charge is 2.06. The normalized spacial score (nSPS) is 12.6. The van der Waals surface area contributed by atoms with Crippen molar-refractivity contribution in [1.82, 2.24) is 20.1 Å². The van der Waals surface area contributed by atoms with E-state index in [4.69, 9.17) is 0 Å². The Morgan fingerprint density at radius 1 is 1.31 bits per heavy atom. The summed E-state index contributed by atoms with van der Waals surface area (Å²) in [7, 11) is 1.95. The second-order valence-electron chi connectivity index (χ2n) is 3.87. The first kappa shape index (κ1) is 10.8. The minimum atomic E-state index is 0.318. The van der Waals surface area contributed by atoms with Gasteiger partial charge in [0.15, 0.2) is 0 Å². The fourth-order valence-corrected chi connectivity index (χ4v) is 1.57. The summed E-state index contributed by atoms with van der Waals surface area (Å²) >= 11 is 0. The van der Waals surface area contributed by atoms with Gasteiger partial charge in [0, 0.05) is 13.1 Å². The average Bonchev–Trinajstić information content (AvgIpc) is 2.73. The summed E-state index contributed by atoms with van der Waals surface area (Å²) in [6, 6.07) is 10.7. The first-order valence-electron chi connectivity index (χ1n) is 5.38. The standard InChI is InChI=1S/C12H16N4/c1-10(11-6-4-3-5-7-11)13-8-12-15-14-9-16(12)2/h3-7,9-10,13H,8H2,1-2H3/t10-/m1/s1. The maximum Gasteiger partial charge on any atom is 0.146 e. The Labute approximate surface area is 95.3 Å². The molecule has 0 fully saturated rings. The summed E-state index contributed by atoms with van der Waals surface area (Å²) in [5, 5.41) is 11.3. The van der Waals surface area contributed by atoms with E-state index < -0.39 is 0 Å². The fourth-order valence-electron chi connectivity index (χ4n) is 1.57. The minimum Gasteiger partial charge on any atom is -0.320 e. The Kier molecular flexibility index (Phi) is 3.31. The van der Waals surface area contributed by atoms with Crippen LogP contribution in [0, 0.1) is 0 Å². The molecule has 0 bridgehead atoms. The Bertz CT molecular complexity index is 435. The molecule has 16 heavy (non-hydrogen) atoms. The molecule has 0 spiro atoms. The lowest BCUT2D eigenvalue weighted by Gasteiger charge is -2.13. The van der Waals surface area contributed by atoms with Gasteiger partial charge in [-0.25, -0.2) is 0 Å². The Balaban J connectivity index is 1.94. The maximum absolute atomic E-state index is 4.03. The number of aromatic nitrogens is 3. The minimum absolute atomic E-state index is 0.318. The van der Waals surface area contributed by atoms with Crippen LogP contribution in [-0.2, 0) is 13.6 Å². The molecule has 0 aliphatic rings. The molecule has 2 rings (SSSR count). The predicted octanol–water partition coefficient (Wildman–Crippen LogP) is 1.67. The number of nitrogens with zero attached hydrogens (tertiary/aromatic N) is 3. The van der Waals surface area contributed by atoms with E-state index in [0.29, 0.717) is 6.04 Å². The van der Waals surface area contributed by atoms with Gasteiger partial charge in [0.2, 0.25) is 0 Å². The molecule has 2 aromatic rings. The van der Waals surface area contributed by atoms with Crippen LogP contribution < -0.4 is 5.32 Å². The molecular weight excluding hydrogens is 200 g/mol. The highest BCUT2D eigenvalue weighted by atomic mass is 15.3. The van der Waals surface area contributed by atoms with Crippen molar-refractivity contribution in [3.8, 4) is 0 Å². The number of nitrogens with one attached hydrogen (secondary N) is 1. The molecule has 1 heterocycles. The van der Waals surface area contributed by atoms with Crippen LogP contribution in [0.4, 0.5) is 0 Å². The summed E-state index contributed by atoms with van der Waals surface area (Å²) in [4.78, 5) is 0. The monoisotopic (exact) mass is 216 g/mol. The molecule has 84 valence electrons. The zero-order valence-electron chi connectivity index (χ0n) is 9.59. The van der Waals surface area contributed by atoms with Gasteiger partial charge in [-0.1, -0.05) is 30.3 Å². The molecule has 0 aliphatic heterocycles. The molecule has 0 aliphatic carbocycles. The first-order valence-corrected chi connectivity index (χ1v) is 5.38. The summed E-state index contributed by atoms with van der Waals surface area (Å²) in [5.41, 5.74) is 1.28. The van der Waals surface area contributed by atoms with E-state index in [1.807, 2.05) is 17.7 Å². The topological polar surface area (TPSA) is 42.7 Å². The third-order valence-corrected chi connectivity index (χ3v) is 2.67. The molecule has 0 unspecified atom stereocenters. The van der Waals surface area contributed by atoms with Crippen molar-refractivity contribution in [3.05, 3.63) is 48.0 Å². The van der Waals surface area contributed by atoms with E-state index in [1.165, 1.54) is 5.56 Å². The highest BCUT2D eigenvalue weighted by molar-refractivity contribution is 5.18. The number of aryl methyl sites for hydroxylation is 1. The van der Waals surface area contributed by atoms with Crippen LogP contribution in [-0.4, -0.2) is 14.8 Å². The van der Waals surface area contributed by atoms with Gasteiger partial charge >= 0.3 is 0 Å². The summed E-state index contributed by atoms with van der Waals surface area (Å²) < 4.78 is 1.92. The fraction of sp³-hybridized carbons (Fsp3) is 0.333. The van der Waals surface area contributed by atoms with Crippen LogP contribution >= 0.6 is 0 Å². The lowest BCUT2D eigenvalue weighted by Crippen LogP contribution is -2.20. The highest BCUT2D eigenvalue weighted by Crippen LogP contribution is 2.11. The van der Waals surface area contributed by atoms with Crippen molar-refractivity contribution in [3.63, 3.8) is 0 Å². The SMILES string of the molecule is C[C@@H](NCc1nncn1C)c1ccccc1. The molecule has 0 amide bonds. The van der Waals surface area contributed by atoms with E-state index >= 15 is 0 Å². The smallest absolute Gasteiger partial charge is 0.146 e. The molecule has 1 aromatic carbocycles. The van der Waals surface area contributed by atoms with E-state index in [0.717, 1.165) is 12.4 Å². The van der Waals surface area contributed by atoms with Gasteiger partial charge in [-0.2, -0.15) is 0 Å². The van der Waals surface area contributed by atoms with Crippen molar-refractivity contribution >= 4 is 0 Å². The molecule has 1 N–H and O–H groups in total. The van der Waals surface area contributed by atoms with Crippen molar-refractivity contribution < 1.29 is 0 Å². The van der Waals surface area contributed by atoms with Gasteiger partial charge in [0.1, 0.15) is 12.2 Å². The molecular formula is C12H16N4. The molecule has 0 saturated carbocycles. The molecule has 1 atom stereocenters. The van der Waals surface area contributed by atoms with Crippen molar-refractivity contribution in [2.75, 3.05) is 0 Å². The molecule has 0 saturated heterocycles. The lowest BCUT2D eigenvalue weighted by atomic mass is 10.1. The van der Waals surface area contributed by atoms with E-state index in [1.54, 1.807) is 6.33 Å². The molecule has 0 radical (unpaired) electrons. The average molecular weight is 216 g/mol. The van der Waals surface area contributed by atoms with Gasteiger partial charge in [0.05, 0.1) is 6.54 Å². The zero-order chi connectivity index (χ0) is 11.4. The largest absolute Gasteiger partial charge is 0.320 e. The van der Waals surface area contributed by atoms with E-state index in [2.05, 4.69) is 46.7 Å². The van der Waals surface area contributed by atoms with Crippen LogP contribution in [0.15, 0.2) is 36.7 Å². The molecule has 4 heteroatoms. The number of hydrogen-bond acceptors (Lipinski definition) is 3. The van der Waals surface area contributed by atoms with Crippen molar-refractivity contribution in [1.29, 1.82) is 0 Å². The maximum atomic E-state index is 4.03. The van der Waals surface area contributed by atoms with Gasteiger partial charge in [-0.05, 0) is 12.5 Å². The van der Waals surface area contributed by atoms with Crippen LogP contribution in [0.3, 0.4) is 0 Å². The summed E-state index contributed by atoms with van der Waals surface area (Å²) in [6.07, 6.45) is 1.71. The lowest BCUT2D eigenvalue weighted by molar-refractivity contribution is 0.548. The number of rotatable bonds is 4. The van der Waals surface area contributed by atoms with Gasteiger partial charge in [0.25, 0.3) is 0 Å². The number of benzene rings is 1. The Hall–Kier alpha value is -1.68. The third kappa shape index (κ3) is 2.46.